The first-order valence-corrected chi connectivity index (χ1v) is 7.16. The monoisotopic (exact) mass is 351 g/mol. The lowest BCUT2D eigenvalue weighted by Gasteiger charge is -2.28. The summed E-state index contributed by atoms with van der Waals surface area (Å²) in [5.74, 6) is -0.0945. The number of carbonyl (C=O) groups excluding carboxylic acids is 1. The topological polar surface area (TPSA) is 29.5 Å². The summed E-state index contributed by atoms with van der Waals surface area (Å²) in [5.41, 5.74) is 0.734. The molecule has 0 aromatic heterocycles. The highest BCUT2D eigenvalue weighted by Gasteiger charge is 2.26. The van der Waals surface area contributed by atoms with Gasteiger partial charge in [-0.05, 0) is 17.7 Å². The number of benzene rings is 1. The standard InChI is InChI=1S/C12H12BrCl2NO2/c13-10-7-8(14)1-2-9(10)11(15)12(17)16-3-5-18-6-4-16/h1-2,7,11H,3-6H2. The fraction of sp³-hybridized carbons (Fsp3) is 0.417. The zero-order valence-corrected chi connectivity index (χ0v) is 12.6. The maximum Gasteiger partial charge on any atom is 0.245 e. The molecule has 98 valence electrons. The minimum Gasteiger partial charge on any atom is -0.378 e. The third kappa shape index (κ3) is 3.18. The van der Waals surface area contributed by atoms with Gasteiger partial charge in [-0.15, -0.1) is 11.6 Å². The molecule has 1 aliphatic rings. The molecule has 0 spiro atoms. The molecule has 0 bridgehead atoms. The Balaban J connectivity index is 2.14. The van der Waals surface area contributed by atoms with E-state index in [1.165, 1.54) is 0 Å². The second-order valence-electron chi connectivity index (χ2n) is 3.97. The van der Waals surface area contributed by atoms with Gasteiger partial charge in [-0.3, -0.25) is 4.79 Å². The molecule has 6 heteroatoms. The zero-order chi connectivity index (χ0) is 13.1. The Morgan fingerprint density at radius 2 is 2.06 bits per heavy atom. The molecule has 18 heavy (non-hydrogen) atoms. The van der Waals surface area contributed by atoms with Crippen molar-refractivity contribution in [3.8, 4) is 0 Å². The van der Waals surface area contributed by atoms with Crippen LogP contribution in [0.3, 0.4) is 0 Å². The number of amides is 1. The van der Waals surface area contributed by atoms with E-state index in [9.17, 15) is 4.79 Å². The predicted molar refractivity (Wildman–Crippen MR) is 75.1 cm³/mol. The summed E-state index contributed by atoms with van der Waals surface area (Å²) in [5, 5.41) is -0.0944. The molecule has 1 fully saturated rings. The third-order valence-electron chi connectivity index (χ3n) is 2.78. The molecule has 1 unspecified atom stereocenters. The van der Waals surface area contributed by atoms with E-state index in [1.807, 2.05) is 0 Å². The van der Waals surface area contributed by atoms with Crippen molar-refractivity contribution in [2.24, 2.45) is 0 Å². The van der Waals surface area contributed by atoms with Crippen molar-refractivity contribution >= 4 is 45.0 Å². The molecule has 0 radical (unpaired) electrons. The van der Waals surface area contributed by atoms with Crippen LogP contribution < -0.4 is 0 Å². The minimum absolute atomic E-state index is 0.0945. The first-order valence-electron chi connectivity index (χ1n) is 5.55. The molecular formula is C12H12BrCl2NO2. The van der Waals surface area contributed by atoms with Gasteiger partial charge in [0.1, 0.15) is 5.38 Å². The number of nitrogens with zero attached hydrogens (tertiary/aromatic N) is 1. The number of rotatable bonds is 2. The fourth-order valence-corrected chi connectivity index (χ4v) is 3.16. The van der Waals surface area contributed by atoms with Crippen molar-refractivity contribution in [1.29, 1.82) is 0 Å². The maximum absolute atomic E-state index is 12.2. The summed E-state index contributed by atoms with van der Waals surface area (Å²) < 4.78 is 5.96. The molecule has 3 nitrogen and oxygen atoms in total. The highest BCUT2D eigenvalue weighted by molar-refractivity contribution is 9.10. The van der Waals surface area contributed by atoms with Crippen LogP contribution in [0.4, 0.5) is 0 Å². The molecule has 0 saturated carbocycles. The Labute approximate surface area is 124 Å². The highest BCUT2D eigenvalue weighted by atomic mass is 79.9. The lowest BCUT2D eigenvalue weighted by atomic mass is 10.1. The molecule has 1 aliphatic heterocycles. The summed E-state index contributed by atoms with van der Waals surface area (Å²) in [4.78, 5) is 13.9. The average molecular weight is 353 g/mol. The maximum atomic E-state index is 12.2. The molecule has 0 aliphatic carbocycles. The second kappa shape index (κ2) is 6.24. The Bertz CT molecular complexity index is 450. The summed E-state index contributed by atoms with van der Waals surface area (Å²) in [6.07, 6.45) is 0. The molecule has 1 saturated heterocycles. The van der Waals surface area contributed by atoms with Crippen LogP contribution in [0.2, 0.25) is 5.02 Å². The lowest BCUT2D eigenvalue weighted by molar-refractivity contribution is -0.134. The second-order valence-corrected chi connectivity index (χ2v) is 5.69. The van der Waals surface area contributed by atoms with Crippen LogP contribution in [0.15, 0.2) is 22.7 Å². The number of ether oxygens (including phenoxy) is 1. The predicted octanol–water partition coefficient (Wildman–Crippen LogP) is 3.24. The normalized spacial score (nSPS) is 17.6. The molecular weight excluding hydrogens is 341 g/mol. The largest absolute Gasteiger partial charge is 0.378 e. The number of carbonyl (C=O) groups is 1. The van der Waals surface area contributed by atoms with Crippen LogP contribution in [0.1, 0.15) is 10.9 Å². The molecule has 1 amide bonds. The van der Waals surface area contributed by atoms with Crippen molar-refractivity contribution in [1.82, 2.24) is 4.90 Å². The summed E-state index contributed by atoms with van der Waals surface area (Å²) in [6, 6.07) is 5.23. The number of hydrogen-bond acceptors (Lipinski definition) is 2. The lowest BCUT2D eigenvalue weighted by Crippen LogP contribution is -2.42. The van der Waals surface area contributed by atoms with Gasteiger partial charge >= 0.3 is 0 Å². The average Bonchev–Trinajstić information content (AvgIpc) is 2.38. The van der Waals surface area contributed by atoms with E-state index in [2.05, 4.69) is 15.9 Å². The van der Waals surface area contributed by atoms with Gasteiger partial charge in [0.25, 0.3) is 0 Å². The van der Waals surface area contributed by atoms with Crippen molar-refractivity contribution in [2.45, 2.75) is 5.38 Å². The van der Waals surface area contributed by atoms with Gasteiger partial charge in [0.05, 0.1) is 13.2 Å². The van der Waals surface area contributed by atoms with Crippen molar-refractivity contribution in [3.05, 3.63) is 33.3 Å². The van der Waals surface area contributed by atoms with Gasteiger partial charge in [0.15, 0.2) is 0 Å². The minimum atomic E-state index is -0.699. The van der Waals surface area contributed by atoms with E-state index in [-0.39, 0.29) is 5.91 Å². The van der Waals surface area contributed by atoms with Crippen LogP contribution >= 0.6 is 39.1 Å². The Kier molecular flexibility index (Phi) is 4.90. The van der Waals surface area contributed by atoms with Gasteiger partial charge < -0.3 is 9.64 Å². The van der Waals surface area contributed by atoms with Crippen LogP contribution in [0.25, 0.3) is 0 Å². The van der Waals surface area contributed by atoms with Crippen molar-refractivity contribution in [2.75, 3.05) is 26.3 Å². The fourth-order valence-electron chi connectivity index (χ4n) is 1.78. The molecule has 0 N–H and O–H groups in total. The van der Waals surface area contributed by atoms with Crippen LogP contribution in [0, 0.1) is 0 Å². The van der Waals surface area contributed by atoms with E-state index >= 15 is 0 Å². The number of alkyl halides is 1. The van der Waals surface area contributed by atoms with E-state index in [1.54, 1.807) is 23.1 Å². The molecule has 1 aromatic rings. The summed E-state index contributed by atoms with van der Waals surface area (Å²) >= 11 is 15.5. The SMILES string of the molecule is O=C(C(Cl)c1ccc(Cl)cc1Br)N1CCOCC1. The van der Waals surface area contributed by atoms with Crippen LogP contribution in [0.5, 0.6) is 0 Å². The quantitative estimate of drug-likeness (QED) is 0.764. The smallest absolute Gasteiger partial charge is 0.245 e. The number of halogens is 3. The zero-order valence-electron chi connectivity index (χ0n) is 9.54. The van der Waals surface area contributed by atoms with Gasteiger partial charge in [0.2, 0.25) is 5.91 Å². The first kappa shape index (κ1) is 14.1. The van der Waals surface area contributed by atoms with Crippen LogP contribution in [-0.2, 0) is 9.53 Å². The first-order chi connectivity index (χ1) is 8.59. The van der Waals surface area contributed by atoms with Crippen LogP contribution in [-0.4, -0.2) is 37.1 Å². The highest BCUT2D eigenvalue weighted by Crippen LogP contribution is 2.31. The Morgan fingerprint density at radius 3 is 2.67 bits per heavy atom. The Morgan fingerprint density at radius 1 is 1.39 bits per heavy atom. The molecule has 2 rings (SSSR count). The summed E-state index contributed by atoms with van der Waals surface area (Å²) in [6.45, 7) is 2.31. The van der Waals surface area contributed by atoms with Crippen molar-refractivity contribution in [3.63, 3.8) is 0 Å². The third-order valence-corrected chi connectivity index (χ3v) is 4.12. The van der Waals surface area contributed by atoms with Gasteiger partial charge in [0, 0.05) is 22.6 Å². The molecule has 1 atom stereocenters. The van der Waals surface area contributed by atoms with E-state index < -0.39 is 5.38 Å². The van der Waals surface area contributed by atoms with Gasteiger partial charge in [-0.25, -0.2) is 0 Å². The van der Waals surface area contributed by atoms with E-state index in [0.29, 0.717) is 31.3 Å². The van der Waals surface area contributed by atoms with Gasteiger partial charge in [-0.2, -0.15) is 0 Å². The molecule has 1 heterocycles. The summed E-state index contributed by atoms with van der Waals surface area (Å²) in [7, 11) is 0. The number of morpholine rings is 1. The van der Waals surface area contributed by atoms with Gasteiger partial charge in [-0.1, -0.05) is 33.6 Å². The Hall–Kier alpha value is -0.290. The van der Waals surface area contributed by atoms with E-state index in [4.69, 9.17) is 27.9 Å². The molecule has 1 aromatic carbocycles. The van der Waals surface area contributed by atoms with E-state index in [0.717, 1.165) is 10.0 Å². The number of hydrogen-bond donors (Lipinski definition) is 0. The van der Waals surface area contributed by atoms with Crippen molar-refractivity contribution < 1.29 is 9.53 Å².